The van der Waals surface area contributed by atoms with Gasteiger partial charge in [0.25, 0.3) is 16.6 Å². The van der Waals surface area contributed by atoms with E-state index in [0.717, 1.165) is 0 Å². The van der Waals surface area contributed by atoms with Gasteiger partial charge in [0.05, 0.1) is 0 Å². The maximum Gasteiger partial charge on any atom is 0.288 e. The van der Waals surface area contributed by atoms with E-state index in [1.165, 1.54) is 0 Å². The molecule has 2 nitrogen and oxygen atoms in total. The Bertz CT molecular complexity index is 332. The second-order valence-electron chi connectivity index (χ2n) is 7.07. The van der Waals surface area contributed by atoms with Crippen LogP contribution >= 0.6 is 0 Å². The maximum absolute atomic E-state index is 5.99. The number of hydrogen-bond acceptors (Lipinski definition) is 2. The molecule has 0 aromatic heterocycles. The summed E-state index contributed by atoms with van der Waals surface area (Å²) in [5, 5.41) is -0.173. The van der Waals surface area contributed by atoms with Gasteiger partial charge in [-0.3, -0.25) is 9.15 Å². The van der Waals surface area contributed by atoms with Gasteiger partial charge in [0.2, 0.25) is 0 Å². The summed E-state index contributed by atoms with van der Waals surface area (Å²) in [4.78, 5) is 0. The van der Waals surface area contributed by atoms with Crippen molar-refractivity contribution in [1.82, 2.24) is 0 Å². The lowest BCUT2D eigenvalue weighted by molar-refractivity contribution is -0.127. The van der Waals surface area contributed by atoms with Crippen LogP contribution in [0.15, 0.2) is 49.1 Å². The largest absolute Gasteiger partial charge is 0.288 e. The Labute approximate surface area is 127 Å². The molecular formula is C16H30O2Si2. The summed E-state index contributed by atoms with van der Waals surface area (Å²) in [6.07, 6.45) is 0. The van der Waals surface area contributed by atoms with Gasteiger partial charge < -0.3 is 0 Å². The molecule has 0 saturated heterocycles. The summed E-state index contributed by atoms with van der Waals surface area (Å²) in [7, 11) is -4.84. The van der Waals surface area contributed by atoms with Gasteiger partial charge in [-0.25, -0.2) is 0 Å². The predicted octanol–water partition coefficient (Wildman–Crippen LogP) is 5.33. The fourth-order valence-corrected chi connectivity index (χ4v) is 6.57. The van der Waals surface area contributed by atoms with Gasteiger partial charge in [-0.15, -0.1) is 26.3 Å². The molecule has 0 unspecified atom stereocenters. The van der Waals surface area contributed by atoms with Crippen LogP contribution in [-0.2, 0) is 9.15 Å². The van der Waals surface area contributed by atoms with Crippen molar-refractivity contribution in [2.45, 2.75) is 51.6 Å². The van der Waals surface area contributed by atoms with E-state index in [9.17, 15) is 0 Å². The Balaban J connectivity index is 5.51. The van der Waals surface area contributed by atoms with Gasteiger partial charge in [-0.1, -0.05) is 64.3 Å². The van der Waals surface area contributed by atoms with Crippen LogP contribution in [0.4, 0.5) is 0 Å². The van der Waals surface area contributed by atoms with Crippen molar-refractivity contribution in [2.24, 2.45) is 0 Å². The van der Waals surface area contributed by atoms with Gasteiger partial charge in [0.1, 0.15) is 0 Å². The van der Waals surface area contributed by atoms with Crippen LogP contribution in [0.25, 0.3) is 0 Å². The predicted molar refractivity (Wildman–Crippen MR) is 93.9 cm³/mol. The third-order valence-electron chi connectivity index (χ3n) is 3.87. The zero-order valence-electron chi connectivity index (χ0n) is 14.0. The maximum atomic E-state index is 5.99. The highest BCUT2D eigenvalue weighted by Crippen LogP contribution is 2.43. The molecule has 0 aromatic rings. The molecule has 0 aliphatic carbocycles. The lowest BCUT2D eigenvalue weighted by atomic mass is 10.2. The summed E-state index contributed by atoms with van der Waals surface area (Å²) in [5.74, 6) is 0. The van der Waals surface area contributed by atoms with Gasteiger partial charge in [-0.2, -0.15) is 0 Å². The van der Waals surface area contributed by atoms with Gasteiger partial charge >= 0.3 is 0 Å². The Hall–Kier alpha value is -0.686. The van der Waals surface area contributed by atoms with E-state index in [1.54, 1.807) is 0 Å². The highest BCUT2D eigenvalue weighted by atomic mass is 28.4. The van der Waals surface area contributed by atoms with Crippen LogP contribution in [0, 0.1) is 0 Å². The average molecular weight is 311 g/mol. The van der Waals surface area contributed by atoms with E-state index < -0.39 is 16.6 Å². The van der Waals surface area contributed by atoms with Crippen LogP contribution in [0.1, 0.15) is 41.5 Å². The van der Waals surface area contributed by atoms with Crippen molar-refractivity contribution in [3.05, 3.63) is 49.1 Å². The minimum absolute atomic E-state index is 0.0864. The minimum Gasteiger partial charge on any atom is -0.286 e. The highest BCUT2D eigenvalue weighted by Gasteiger charge is 2.49. The topological polar surface area (TPSA) is 18.5 Å². The molecular weight excluding hydrogens is 280 g/mol. The molecule has 0 aromatic carbocycles. The lowest BCUT2D eigenvalue weighted by Gasteiger charge is -2.42. The van der Waals surface area contributed by atoms with E-state index in [4.69, 9.17) is 9.15 Å². The third kappa shape index (κ3) is 3.49. The van der Waals surface area contributed by atoms with Crippen molar-refractivity contribution in [2.75, 3.05) is 0 Å². The zero-order valence-corrected chi connectivity index (χ0v) is 16.0. The van der Waals surface area contributed by atoms with Crippen LogP contribution in [-0.4, -0.2) is 16.6 Å². The summed E-state index contributed by atoms with van der Waals surface area (Å²) in [5.41, 5.74) is 7.48. The summed E-state index contributed by atoms with van der Waals surface area (Å²) in [6.45, 7) is 28.5. The van der Waals surface area contributed by atoms with Crippen molar-refractivity contribution in [1.29, 1.82) is 0 Å². The molecule has 0 atom stereocenters. The summed E-state index contributed by atoms with van der Waals surface area (Å²) < 4.78 is 12.0. The molecule has 0 rings (SSSR count). The lowest BCUT2D eigenvalue weighted by Crippen LogP contribution is -2.51. The molecule has 0 amide bonds. The van der Waals surface area contributed by atoms with E-state index in [1.807, 2.05) is 22.8 Å². The Morgan fingerprint density at radius 2 is 0.800 bits per heavy atom. The van der Waals surface area contributed by atoms with E-state index in [-0.39, 0.29) is 10.1 Å². The standard InChI is InChI=1S/C16H30O2Si2/c1-11-19(12-2,15(5,6)7)17-18-20(13-3,14-4)16(8,9)10/h11-14H,1-4H2,5-10H3. The Morgan fingerprint density at radius 3 is 0.900 bits per heavy atom. The van der Waals surface area contributed by atoms with Crippen LogP contribution in [0.5, 0.6) is 0 Å². The smallest absolute Gasteiger partial charge is 0.286 e. The normalized spacial score (nSPS) is 13.7. The first kappa shape index (κ1) is 19.3. The molecule has 0 aliphatic rings. The second-order valence-corrected chi connectivity index (χ2v) is 15.2. The number of hydrogen-bond donors (Lipinski definition) is 0. The van der Waals surface area contributed by atoms with E-state index in [0.29, 0.717) is 0 Å². The molecule has 0 aliphatic heterocycles. The van der Waals surface area contributed by atoms with Gasteiger partial charge in [-0.05, 0) is 10.1 Å². The first-order valence-electron chi connectivity index (χ1n) is 6.86. The summed E-state index contributed by atoms with van der Waals surface area (Å²) in [6, 6.07) is 0. The molecule has 0 bridgehead atoms. The number of rotatable bonds is 7. The molecule has 0 N–H and O–H groups in total. The quantitative estimate of drug-likeness (QED) is 0.359. The van der Waals surface area contributed by atoms with Crippen molar-refractivity contribution in [3.63, 3.8) is 0 Å². The van der Waals surface area contributed by atoms with Crippen molar-refractivity contribution >= 4 is 16.6 Å². The zero-order chi connectivity index (χ0) is 16.2. The van der Waals surface area contributed by atoms with Crippen molar-refractivity contribution < 1.29 is 9.15 Å². The molecule has 0 heterocycles. The Kier molecular flexibility index (Phi) is 6.17. The minimum atomic E-state index is -2.42. The monoisotopic (exact) mass is 310 g/mol. The fraction of sp³-hybridized carbons (Fsp3) is 0.500. The van der Waals surface area contributed by atoms with E-state index in [2.05, 4.69) is 67.9 Å². The first-order chi connectivity index (χ1) is 8.95. The van der Waals surface area contributed by atoms with Gasteiger partial charge in [0, 0.05) is 0 Å². The highest BCUT2D eigenvalue weighted by molar-refractivity contribution is 6.88. The molecule has 20 heavy (non-hydrogen) atoms. The fourth-order valence-electron chi connectivity index (χ4n) is 1.92. The van der Waals surface area contributed by atoms with E-state index >= 15 is 0 Å². The van der Waals surface area contributed by atoms with Crippen LogP contribution in [0.3, 0.4) is 0 Å². The molecule has 4 heteroatoms. The average Bonchev–Trinajstić information content (AvgIpc) is 2.32. The third-order valence-corrected chi connectivity index (χ3v) is 11.9. The molecule has 0 spiro atoms. The summed E-state index contributed by atoms with van der Waals surface area (Å²) >= 11 is 0. The Morgan fingerprint density at radius 1 is 0.600 bits per heavy atom. The first-order valence-corrected chi connectivity index (χ1v) is 11.0. The molecule has 0 saturated carbocycles. The van der Waals surface area contributed by atoms with Crippen LogP contribution in [0.2, 0.25) is 10.1 Å². The van der Waals surface area contributed by atoms with Crippen molar-refractivity contribution in [3.8, 4) is 0 Å². The molecule has 114 valence electrons. The molecule has 0 fully saturated rings. The SMILES string of the molecule is C=C[Si](C=C)(OO[Si](C=C)(C=C)C(C)(C)C)C(C)(C)C. The second kappa shape index (κ2) is 6.39. The van der Waals surface area contributed by atoms with Crippen LogP contribution < -0.4 is 0 Å². The molecule has 0 radical (unpaired) electrons. The van der Waals surface area contributed by atoms with Gasteiger partial charge in [0.15, 0.2) is 0 Å².